The lowest BCUT2D eigenvalue weighted by atomic mass is 10.0. The maximum atomic E-state index is 14.0. The van der Waals surface area contributed by atoms with Crippen molar-refractivity contribution in [2.24, 2.45) is 0 Å². The molecule has 2 rings (SSSR count). The van der Waals surface area contributed by atoms with Crippen LogP contribution in [-0.4, -0.2) is 7.11 Å². The smallest absolute Gasteiger partial charge is 0.131 e. The van der Waals surface area contributed by atoms with Gasteiger partial charge in [0.25, 0.3) is 0 Å². The Morgan fingerprint density at radius 3 is 2.38 bits per heavy atom. The van der Waals surface area contributed by atoms with Gasteiger partial charge in [-0.25, -0.2) is 8.78 Å². The highest BCUT2D eigenvalue weighted by Gasteiger charge is 2.15. The predicted octanol–water partition coefficient (Wildman–Crippen LogP) is 4.39. The first-order chi connectivity index (χ1) is 10.0. The SMILES string of the molecule is COc1ccc(C(C)N[C@H](C)c2cccc(F)c2)c(F)c1. The largest absolute Gasteiger partial charge is 0.497 e. The Morgan fingerprint density at radius 1 is 1.00 bits per heavy atom. The van der Waals surface area contributed by atoms with Gasteiger partial charge in [-0.05, 0) is 37.6 Å². The van der Waals surface area contributed by atoms with Crippen molar-refractivity contribution in [2.75, 3.05) is 7.11 Å². The van der Waals surface area contributed by atoms with Gasteiger partial charge in [0.05, 0.1) is 7.11 Å². The molecule has 0 aliphatic carbocycles. The number of nitrogens with one attached hydrogen (secondary N) is 1. The van der Waals surface area contributed by atoms with Crippen LogP contribution < -0.4 is 10.1 Å². The fourth-order valence-corrected chi connectivity index (χ4v) is 2.32. The summed E-state index contributed by atoms with van der Waals surface area (Å²) >= 11 is 0. The third-order valence-electron chi connectivity index (χ3n) is 3.52. The summed E-state index contributed by atoms with van der Waals surface area (Å²) in [4.78, 5) is 0. The third kappa shape index (κ3) is 3.79. The van der Waals surface area contributed by atoms with Crippen LogP contribution in [0.15, 0.2) is 42.5 Å². The number of halogens is 2. The van der Waals surface area contributed by atoms with E-state index in [4.69, 9.17) is 4.74 Å². The van der Waals surface area contributed by atoms with E-state index in [-0.39, 0.29) is 23.7 Å². The summed E-state index contributed by atoms with van der Waals surface area (Å²) in [6.07, 6.45) is 0. The van der Waals surface area contributed by atoms with E-state index in [2.05, 4.69) is 5.32 Å². The molecule has 0 bridgehead atoms. The molecule has 0 heterocycles. The molecule has 0 radical (unpaired) electrons. The number of methoxy groups -OCH3 is 1. The van der Waals surface area contributed by atoms with E-state index in [1.165, 1.54) is 25.3 Å². The minimum atomic E-state index is -0.319. The standard InChI is InChI=1S/C17H19F2NO/c1-11(13-5-4-6-14(18)9-13)20-12(2)16-8-7-15(21-3)10-17(16)19/h4-12,20H,1-3H3/t11-,12?/m1/s1. The molecule has 2 aromatic carbocycles. The molecule has 0 saturated heterocycles. The molecule has 4 heteroatoms. The van der Waals surface area contributed by atoms with Gasteiger partial charge >= 0.3 is 0 Å². The maximum Gasteiger partial charge on any atom is 0.131 e. The zero-order chi connectivity index (χ0) is 15.4. The number of ether oxygens (including phenoxy) is 1. The van der Waals surface area contributed by atoms with Crippen LogP contribution in [0.4, 0.5) is 8.78 Å². The molecular formula is C17H19F2NO. The van der Waals surface area contributed by atoms with Gasteiger partial charge in [0.15, 0.2) is 0 Å². The molecule has 1 N–H and O–H groups in total. The Balaban J connectivity index is 2.12. The normalized spacial score (nSPS) is 13.8. The first-order valence-corrected chi connectivity index (χ1v) is 6.86. The second-order valence-electron chi connectivity index (χ2n) is 5.05. The van der Waals surface area contributed by atoms with Crippen LogP contribution in [-0.2, 0) is 0 Å². The van der Waals surface area contributed by atoms with Gasteiger partial charge in [-0.3, -0.25) is 0 Å². The molecule has 0 aromatic heterocycles. The molecule has 1 unspecified atom stereocenters. The average molecular weight is 291 g/mol. The Labute approximate surface area is 123 Å². The van der Waals surface area contributed by atoms with E-state index in [1.807, 2.05) is 19.9 Å². The zero-order valence-electron chi connectivity index (χ0n) is 12.4. The molecule has 112 valence electrons. The summed E-state index contributed by atoms with van der Waals surface area (Å²) < 4.78 is 32.2. The third-order valence-corrected chi connectivity index (χ3v) is 3.52. The molecule has 2 atom stereocenters. The van der Waals surface area contributed by atoms with Crippen molar-refractivity contribution in [3.63, 3.8) is 0 Å². The van der Waals surface area contributed by atoms with Crippen molar-refractivity contribution in [3.05, 3.63) is 65.2 Å². The van der Waals surface area contributed by atoms with Crippen molar-refractivity contribution in [3.8, 4) is 5.75 Å². The zero-order valence-corrected chi connectivity index (χ0v) is 12.4. The number of hydrogen-bond acceptors (Lipinski definition) is 2. The molecule has 0 saturated carbocycles. The van der Waals surface area contributed by atoms with Crippen LogP contribution in [0.1, 0.15) is 37.1 Å². The molecule has 0 amide bonds. The second kappa shape index (κ2) is 6.68. The fraction of sp³-hybridized carbons (Fsp3) is 0.294. The maximum absolute atomic E-state index is 14.0. The summed E-state index contributed by atoms with van der Waals surface area (Å²) in [7, 11) is 1.50. The highest BCUT2D eigenvalue weighted by Crippen LogP contribution is 2.24. The van der Waals surface area contributed by atoms with E-state index >= 15 is 0 Å². The second-order valence-corrected chi connectivity index (χ2v) is 5.05. The van der Waals surface area contributed by atoms with Crippen LogP contribution in [0.3, 0.4) is 0 Å². The summed E-state index contributed by atoms with van der Waals surface area (Å²) in [6.45, 7) is 3.80. The lowest BCUT2D eigenvalue weighted by Gasteiger charge is -2.21. The van der Waals surface area contributed by atoms with E-state index in [9.17, 15) is 8.78 Å². The van der Waals surface area contributed by atoms with Gasteiger partial charge in [-0.2, -0.15) is 0 Å². The van der Waals surface area contributed by atoms with Crippen molar-refractivity contribution < 1.29 is 13.5 Å². The minimum absolute atomic E-state index is 0.0859. The molecule has 2 aromatic rings. The summed E-state index contributed by atoms with van der Waals surface area (Å²) in [5, 5.41) is 3.27. The highest BCUT2D eigenvalue weighted by atomic mass is 19.1. The molecule has 0 aliphatic heterocycles. The Morgan fingerprint density at radius 2 is 1.76 bits per heavy atom. The quantitative estimate of drug-likeness (QED) is 0.882. The number of rotatable bonds is 5. The Bertz CT molecular complexity index is 615. The summed E-state index contributed by atoms with van der Waals surface area (Å²) in [5.74, 6) is -0.105. The topological polar surface area (TPSA) is 21.3 Å². The van der Waals surface area contributed by atoms with Crippen LogP contribution >= 0.6 is 0 Å². The van der Waals surface area contributed by atoms with E-state index in [1.54, 1.807) is 18.2 Å². The number of benzene rings is 2. The van der Waals surface area contributed by atoms with Crippen molar-refractivity contribution in [2.45, 2.75) is 25.9 Å². The van der Waals surface area contributed by atoms with Gasteiger partial charge < -0.3 is 10.1 Å². The summed E-state index contributed by atoms with van der Waals surface area (Å²) in [5.41, 5.74) is 1.38. The van der Waals surface area contributed by atoms with Crippen molar-refractivity contribution in [1.29, 1.82) is 0 Å². The Hall–Kier alpha value is -1.94. The number of hydrogen-bond donors (Lipinski definition) is 1. The van der Waals surface area contributed by atoms with Gasteiger partial charge in [0, 0.05) is 23.7 Å². The highest BCUT2D eigenvalue weighted by molar-refractivity contribution is 5.31. The molecule has 0 fully saturated rings. The molecule has 21 heavy (non-hydrogen) atoms. The minimum Gasteiger partial charge on any atom is -0.497 e. The van der Waals surface area contributed by atoms with Crippen molar-refractivity contribution >= 4 is 0 Å². The molecule has 2 nitrogen and oxygen atoms in total. The lowest BCUT2D eigenvalue weighted by molar-refractivity contribution is 0.408. The van der Waals surface area contributed by atoms with Gasteiger partial charge in [-0.1, -0.05) is 18.2 Å². The van der Waals surface area contributed by atoms with E-state index < -0.39 is 0 Å². The van der Waals surface area contributed by atoms with Crippen LogP contribution in [0.25, 0.3) is 0 Å². The van der Waals surface area contributed by atoms with Gasteiger partial charge in [-0.15, -0.1) is 0 Å². The lowest BCUT2D eigenvalue weighted by Crippen LogP contribution is -2.23. The van der Waals surface area contributed by atoms with Crippen LogP contribution in [0.5, 0.6) is 5.75 Å². The van der Waals surface area contributed by atoms with Gasteiger partial charge in [0.1, 0.15) is 17.4 Å². The van der Waals surface area contributed by atoms with Crippen molar-refractivity contribution in [1.82, 2.24) is 5.32 Å². The predicted molar refractivity (Wildman–Crippen MR) is 79.3 cm³/mol. The molecule has 0 spiro atoms. The monoisotopic (exact) mass is 291 g/mol. The van der Waals surface area contributed by atoms with E-state index in [0.29, 0.717) is 11.3 Å². The average Bonchev–Trinajstić information content (AvgIpc) is 2.46. The fourth-order valence-electron chi connectivity index (χ4n) is 2.32. The first kappa shape index (κ1) is 15.4. The summed E-state index contributed by atoms with van der Waals surface area (Å²) in [6, 6.07) is 10.9. The molecule has 0 aliphatic rings. The molecular weight excluding hydrogens is 272 g/mol. The Kier molecular flexibility index (Phi) is 4.91. The first-order valence-electron chi connectivity index (χ1n) is 6.86. The van der Waals surface area contributed by atoms with Crippen LogP contribution in [0.2, 0.25) is 0 Å². The van der Waals surface area contributed by atoms with Gasteiger partial charge in [0.2, 0.25) is 0 Å². The van der Waals surface area contributed by atoms with Crippen LogP contribution in [0, 0.1) is 11.6 Å². The van der Waals surface area contributed by atoms with E-state index in [0.717, 1.165) is 5.56 Å².